The first kappa shape index (κ1) is 14.4. The minimum absolute atomic E-state index is 0.0611. The minimum atomic E-state index is 0.0611. The van der Waals surface area contributed by atoms with Crippen molar-refractivity contribution in [3.63, 3.8) is 0 Å². The van der Waals surface area contributed by atoms with E-state index in [9.17, 15) is 4.79 Å². The fraction of sp³-hybridized carbons (Fsp3) is 0.611. The molecule has 3 heteroatoms. The first-order chi connectivity index (χ1) is 10.2. The Morgan fingerprint density at radius 2 is 2.00 bits per heavy atom. The van der Waals surface area contributed by atoms with Gasteiger partial charge in [-0.25, -0.2) is 0 Å². The molecule has 2 N–H and O–H groups in total. The Bertz CT molecular complexity index is 494. The van der Waals surface area contributed by atoms with E-state index in [-0.39, 0.29) is 11.8 Å². The second-order valence-corrected chi connectivity index (χ2v) is 6.63. The molecule has 1 aliphatic carbocycles. The normalized spacial score (nSPS) is 23.8. The van der Waals surface area contributed by atoms with Gasteiger partial charge in [0.1, 0.15) is 0 Å². The Labute approximate surface area is 127 Å². The number of nitrogens with one attached hydrogen (secondary N) is 2. The van der Waals surface area contributed by atoms with Gasteiger partial charge in [-0.3, -0.25) is 4.79 Å². The molecule has 1 heterocycles. The van der Waals surface area contributed by atoms with E-state index >= 15 is 0 Å². The van der Waals surface area contributed by atoms with Crippen LogP contribution in [0.1, 0.15) is 44.6 Å². The fourth-order valence-electron chi connectivity index (χ4n) is 3.72. The monoisotopic (exact) mass is 286 g/mol. The standard InChI is InChI=1S/C18H26N2O/c1-13(14-7-3-2-4-8-14)20-18(21)16-11-15-9-5-6-10-17(15)19-12-16/h5-6,9-10,13-14,16,19H,2-4,7-8,11-12H2,1H3,(H,20,21)/t13-,16?/m1/s1. The van der Waals surface area contributed by atoms with Crippen molar-refractivity contribution < 1.29 is 4.79 Å². The number of para-hydroxylation sites is 1. The number of anilines is 1. The molecular formula is C18H26N2O. The van der Waals surface area contributed by atoms with Crippen LogP contribution in [-0.4, -0.2) is 18.5 Å². The molecule has 21 heavy (non-hydrogen) atoms. The van der Waals surface area contributed by atoms with Crippen LogP contribution in [0.4, 0.5) is 5.69 Å². The molecule has 1 saturated carbocycles. The highest BCUT2D eigenvalue weighted by Crippen LogP contribution is 2.27. The van der Waals surface area contributed by atoms with Gasteiger partial charge in [0.25, 0.3) is 0 Å². The summed E-state index contributed by atoms with van der Waals surface area (Å²) in [4.78, 5) is 12.5. The van der Waals surface area contributed by atoms with Crippen LogP contribution in [0.25, 0.3) is 0 Å². The summed E-state index contributed by atoms with van der Waals surface area (Å²) in [5.74, 6) is 0.951. The largest absolute Gasteiger partial charge is 0.384 e. The summed E-state index contributed by atoms with van der Waals surface area (Å²) in [6.45, 7) is 2.93. The summed E-state index contributed by atoms with van der Waals surface area (Å²) in [5, 5.41) is 6.66. The van der Waals surface area contributed by atoms with Gasteiger partial charge in [0.05, 0.1) is 5.92 Å². The second-order valence-electron chi connectivity index (χ2n) is 6.63. The van der Waals surface area contributed by atoms with E-state index < -0.39 is 0 Å². The molecule has 0 radical (unpaired) electrons. The Balaban J connectivity index is 1.56. The zero-order valence-corrected chi connectivity index (χ0v) is 12.9. The summed E-state index contributed by atoms with van der Waals surface area (Å²) in [7, 11) is 0. The zero-order chi connectivity index (χ0) is 14.7. The van der Waals surface area contributed by atoms with Gasteiger partial charge in [0.2, 0.25) is 5.91 Å². The fourth-order valence-corrected chi connectivity index (χ4v) is 3.72. The SMILES string of the molecule is C[C@@H](NC(=O)C1CNc2ccccc2C1)C1CCCCC1. The highest BCUT2D eigenvalue weighted by Gasteiger charge is 2.27. The molecule has 0 bridgehead atoms. The number of benzene rings is 1. The molecule has 3 rings (SSSR count). The first-order valence-electron chi connectivity index (χ1n) is 8.36. The molecule has 1 unspecified atom stereocenters. The third-order valence-corrected chi connectivity index (χ3v) is 5.12. The first-order valence-corrected chi connectivity index (χ1v) is 8.36. The van der Waals surface area contributed by atoms with Crippen LogP contribution in [0.2, 0.25) is 0 Å². The highest BCUT2D eigenvalue weighted by atomic mass is 16.2. The molecule has 1 aromatic rings. The lowest BCUT2D eigenvalue weighted by Crippen LogP contribution is -2.45. The molecule has 1 fully saturated rings. The molecule has 0 spiro atoms. The number of rotatable bonds is 3. The summed E-state index contributed by atoms with van der Waals surface area (Å²) in [6, 6.07) is 8.61. The molecule has 0 aromatic heterocycles. The molecule has 1 aliphatic heterocycles. The van der Waals surface area contributed by atoms with Crippen LogP contribution >= 0.6 is 0 Å². The van der Waals surface area contributed by atoms with Crippen LogP contribution in [-0.2, 0) is 11.2 Å². The number of carbonyl (C=O) groups excluding carboxylic acids is 1. The van der Waals surface area contributed by atoms with Crippen molar-refractivity contribution in [2.24, 2.45) is 11.8 Å². The maximum atomic E-state index is 12.5. The third-order valence-electron chi connectivity index (χ3n) is 5.12. The minimum Gasteiger partial charge on any atom is -0.384 e. The van der Waals surface area contributed by atoms with Crippen molar-refractivity contribution >= 4 is 11.6 Å². The Kier molecular flexibility index (Phi) is 4.47. The van der Waals surface area contributed by atoms with E-state index in [1.165, 1.54) is 43.4 Å². The maximum Gasteiger partial charge on any atom is 0.225 e. The molecule has 2 aliphatic rings. The van der Waals surface area contributed by atoms with E-state index in [4.69, 9.17) is 0 Å². The smallest absolute Gasteiger partial charge is 0.225 e. The van der Waals surface area contributed by atoms with Gasteiger partial charge < -0.3 is 10.6 Å². The van der Waals surface area contributed by atoms with Crippen molar-refractivity contribution in [2.45, 2.75) is 51.5 Å². The van der Waals surface area contributed by atoms with E-state index in [1.54, 1.807) is 0 Å². The van der Waals surface area contributed by atoms with Crippen molar-refractivity contribution in [2.75, 3.05) is 11.9 Å². The van der Waals surface area contributed by atoms with Crippen LogP contribution in [0.5, 0.6) is 0 Å². The molecule has 2 atom stereocenters. The average molecular weight is 286 g/mol. The summed E-state index contributed by atoms with van der Waals surface area (Å²) >= 11 is 0. The summed E-state index contributed by atoms with van der Waals surface area (Å²) in [6.07, 6.45) is 7.40. The number of hydrogen-bond donors (Lipinski definition) is 2. The van der Waals surface area contributed by atoms with E-state index in [2.05, 4.69) is 29.7 Å². The Morgan fingerprint density at radius 3 is 2.81 bits per heavy atom. The molecular weight excluding hydrogens is 260 g/mol. The number of hydrogen-bond acceptors (Lipinski definition) is 2. The lowest BCUT2D eigenvalue weighted by molar-refractivity contribution is -0.125. The Morgan fingerprint density at radius 1 is 1.24 bits per heavy atom. The van der Waals surface area contributed by atoms with Crippen LogP contribution < -0.4 is 10.6 Å². The number of carbonyl (C=O) groups is 1. The summed E-state index contributed by atoms with van der Waals surface area (Å²) in [5.41, 5.74) is 2.44. The van der Waals surface area contributed by atoms with Crippen molar-refractivity contribution in [3.8, 4) is 0 Å². The third kappa shape index (κ3) is 3.39. The molecule has 0 saturated heterocycles. The van der Waals surface area contributed by atoms with Crippen molar-refractivity contribution in [1.82, 2.24) is 5.32 Å². The highest BCUT2D eigenvalue weighted by molar-refractivity contribution is 5.81. The van der Waals surface area contributed by atoms with E-state index in [0.717, 1.165) is 13.0 Å². The Hall–Kier alpha value is -1.51. The maximum absolute atomic E-state index is 12.5. The van der Waals surface area contributed by atoms with Crippen LogP contribution in [0.3, 0.4) is 0 Å². The summed E-state index contributed by atoms with van der Waals surface area (Å²) < 4.78 is 0. The zero-order valence-electron chi connectivity index (χ0n) is 12.9. The van der Waals surface area contributed by atoms with E-state index in [1.807, 2.05) is 12.1 Å². The number of amides is 1. The predicted octanol–water partition coefficient (Wildman–Crippen LogP) is 3.36. The van der Waals surface area contributed by atoms with Gasteiger partial charge in [-0.1, -0.05) is 37.5 Å². The van der Waals surface area contributed by atoms with Crippen molar-refractivity contribution in [1.29, 1.82) is 0 Å². The van der Waals surface area contributed by atoms with Gasteiger partial charge in [-0.15, -0.1) is 0 Å². The topological polar surface area (TPSA) is 41.1 Å². The molecule has 114 valence electrons. The lowest BCUT2D eigenvalue weighted by Gasteiger charge is -2.31. The van der Waals surface area contributed by atoms with Crippen LogP contribution in [0.15, 0.2) is 24.3 Å². The van der Waals surface area contributed by atoms with Crippen LogP contribution in [0, 0.1) is 11.8 Å². The molecule has 1 aromatic carbocycles. The quantitative estimate of drug-likeness (QED) is 0.894. The molecule has 3 nitrogen and oxygen atoms in total. The van der Waals surface area contributed by atoms with Gasteiger partial charge >= 0.3 is 0 Å². The van der Waals surface area contributed by atoms with E-state index in [0.29, 0.717) is 12.0 Å². The lowest BCUT2D eigenvalue weighted by atomic mass is 9.84. The van der Waals surface area contributed by atoms with Crippen molar-refractivity contribution in [3.05, 3.63) is 29.8 Å². The second kappa shape index (κ2) is 6.50. The van der Waals surface area contributed by atoms with Gasteiger partial charge in [0.15, 0.2) is 0 Å². The number of fused-ring (bicyclic) bond motifs is 1. The predicted molar refractivity (Wildman–Crippen MR) is 86.3 cm³/mol. The van der Waals surface area contributed by atoms with Gasteiger partial charge in [-0.05, 0) is 43.7 Å². The molecule has 1 amide bonds. The van der Waals surface area contributed by atoms with Gasteiger partial charge in [-0.2, -0.15) is 0 Å². The average Bonchev–Trinajstić information content (AvgIpc) is 2.55. The van der Waals surface area contributed by atoms with Gasteiger partial charge in [0, 0.05) is 18.3 Å².